The largest absolute Gasteiger partial charge is 0.444 e. The number of alkyl carbamates (subject to hydrolysis) is 1. The number of rotatable bonds is 2. The Hall–Kier alpha value is -1.33. The van der Waals surface area contributed by atoms with E-state index in [0.717, 1.165) is 6.42 Å². The molecule has 6 heteroatoms. The molecule has 6 nitrogen and oxygen atoms in total. The van der Waals surface area contributed by atoms with Gasteiger partial charge in [0.1, 0.15) is 5.60 Å². The van der Waals surface area contributed by atoms with Crippen LogP contribution >= 0.6 is 0 Å². The molecular weight excluding hydrogens is 222 g/mol. The van der Waals surface area contributed by atoms with Gasteiger partial charge in [-0.1, -0.05) is 6.92 Å². The van der Waals surface area contributed by atoms with Crippen LogP contribution in [-0.4, -0.2) is 35.8 Å². The maximum atomic E-state index is 11.6. The molecule has 0 spiro atoms. The Morgan fingerprint density at radius 1 is 1.41 bits per heavy atom. The molecule has 98 valence electrons. The molecular formula is C11H21N3O3. The molecule has 1 rings (SSSR count). The van der Waals surface area contributed by atoms with Crippen LogP contribution in [0.15, 0.2) is 5.29 Å². The van der Waals surface area contributed by atoms with Gasteiger partial charge >= 0.3 is 6.09 Å². The zero-order valence-electron chi connectivity index (χ0n) is 10.9. The Morgan fingerprint density at radius 2 is 2.06 bits per heavy atom. The highest BCUT2D eigenvalue weighted by atomic mass is 16.6. The summed E-state index contributed by atoms with van der Waals surface area (Å²) in [5.74, 6) is 0.335. The number of nitroso groups, excluding NO2 is 1. The summed E-state index contributed by atoms with van der Waals surface area (Å²) in [5.41, 5.74) is -0.507. The number of amides is 1. The van der Waals surface area contributed by atoms with E-state index < -0.39 is 11.7 Å². The van der Waals surface area contributed by atoms with Gasteiger partial charge in [0.2, 0.25) is 0 Å². The topological polar surface area (TPSA) is 71.0 Å². The van der Waals surface area contributed by atoms with E-state index in [1.807, 2.05) is 27.7 Å². The Labute approximate surface area is 102 Å². The van der Waals surface area contributed by atoms with Crippen LogP contribution in [0.3, 0.4) is 0 Å². The summed E-state index contributed by atoms with van der Waals surface area (Å²) in [5, 5.41) is 7.13. The molecule has 0 radical (unpaired) electrons. The van der Waals surface area contributed by atoms with Crippen molar-refractivity contribution in [3.8, 4) is 0 Å². The van der Waals surface area contributed by atoms with Crippen molar-refractivity contribution in [3.05, 3.63) is 4.91 Å². The van der Waals surface area contributed by atoms with Crippen molar-refractivity contribution in [3.63, 3.8) is 0 Å². The third-order valence-corrected chi connectivity index (χ3v) is 2.48. The molecule has 1 amide bonds. The molecule has 0 aromatic carbocycles. The first-order valence-corrected chi connectivity index (χ1v) is 5.88. The predicted molar refractivity (Wildman–Crippen MR) is 64.3 cm³/mol. The summed E-state index contributed by atoms with van der Waals surface area (Å²) in [7, 11) is 0. The molecule has 0 aliphatic carbocycles. The normalized spacial score (nSPS) is 25.3. The van der Waals surface area contributed by atoms with Crippen LogP contribution in [0, 0.1) is 10.8 Å². The van der Waals surface area contributed by atoms with Crippen LogP contribution in [0.5, 0.6) is 0 Å². The van der Waals surface area contributed by atoms with Crippen LogP contribution in [0.25, 0.3) is 0 Å². The molecule has 0 saturated carbocycles. The zero-order valence-corrected chi connectivity index (χ0v) is 10.9. The number of piperidine rings is 1. The van der Waals surface area contributed by atoms with Gasteiger partial charge in [0.15, 0.2) is 0 Å². The average Bonchev–Trinajstić information content (AvgIpc) is 2.13. The highest BCUT2D eigenvalue weighted by Crippen LogP contribution is 2.17. The number of nitrogens with zero attached hydrogens (tertiary/aromatic N) is 2. The van der Waals surface area contributed by atoms with Gasteiger partial charge in [0.25, 0.3) is 0 Å². The van der Waals surface area contributed by atoms with E-state index in [-0.39, 0.29) is 6.04 Å². The lowest BCUT2D eigenvalue weighted by Crippen LogP contribution is -2.49. The van der Waals surface area contributed by atoms with Gasteiger partial charge in [-0.05, 0) is 33.1 Å². The van der Waals surface area contributed by atoms with Gasteiger partial charge in [-0.15, -0.1) is 4.91 Å². The molecule has 0 unspecified atom stereocenters. The van der Waals surface area contributed by atoms with Gasteiger partial charge in [-0.25, -0.2) is 4.79 Å². The van der Waals surface area contributed by atoms with E-state index >= 15 is 0 Å². The number of carbonyl (C=O) groups excluding carboxylic acids is 1. The SMILES string of the molecule is C[C@H]1C[C@H](NC(=O)OC(C)(C)C)CN(N=O)C1. The van der Waals surface area contributed by atoms with Crippen LogP contribution in [0.4, 0.5) is 4.79 Å². The second-order valence-electron chi connectivity index (χ2n) is 5.64. The molecule has 1 aliphatic heterocycles. The highest BCUT2D eigenvalue weighted by Gasteiger charge is 2.27. The number of hydrogen-bond acceptors (Lipinski definition) is 4. The standard InChI is InChI=1S/C11H21N3O3/c1-8-5-9(7-14(6-8)13-16)12-10(15)17-11(2,3)4/h8-9H,5-7H2,1-4H3,(H,12,15)/t8-,9-/m0/s1. The average molecular weight is 243 g/mol. The first kappa shape index (κ1) is 13.7. The van der Waals surface area contributed by atoms with Crippen molar-refractivity contribution in [2.75, 3.05) is 13.1 Å². The van der Waals surface area contributed by atoms with Crippen LogP contribution in [0.2, 0.25) is 0 Å². The molecule has 1 aliphatic rings. The molecule has 1 saturated heterocycles. The number of ether oxygens (including phenoxy) is 1. The zero-order chi connectivity index (χ0) is 13.1. The van der Waals surface area contributed by atoms with E-state index in [9.17, 15) is 9.70 Å². The third kappa shape index (κ3) is 5.01. The molecule has 17 heavy (non-hydrogen) atoms. The van der Waals surface area contributed by atoms with Crippen LogP contribution in [-0.2, 0) is 4.74 Å². The molecule has 1 heterocycles. The highest BCUT2D eigenvalue weighted by molar-refractivity contribution is 5.68. The first-order valence-electron chi connectivity index (χ1n) is 5.88. The molecule has 2 atom stereocenters. The summed E-state index contributed by atoms with van der Waals surface area (Å²) < 4.78 is 5.17. The fourth-order valence-electron chi connectivity index (χ4n) is 1.97. The van der Waals surface area contributed by atoms with Crippen molar-refractivity contribution >= 4 is 6.09 Å². The summed E-state index contributed by atoms with van der Waals surface area (Å²) in [4.78, 5) is 22.1. The molecule has 0 bridgehead atoms. The Kier molecular flexibility index (Phi) is 4.31. The minimum atomic E-state index is -0.507. The van der Waals surface area contributed by atoms with Gasteiger partial charge in [0, 0.05) is 6.54 Å². The summed E-state index contributed by atoms with van der Waals surface area (Å²) in [6.45, 7) is 8.57. The molecule has 0 aromatic heterocycles. The second kappa shape index (κ2) is 5.33. The minimum Gasteiger partial charge on any atom is -0.444 e. The van der Waals surface area contributed by atoms with Crippen molar-refractivity contribution in [1.82, 2.24) is 10.3 Å². The third-order valence-electron chi connectivity index (χ3n) is 2.48. The van der Waals surface area contributed by atoms with E-state index in [1.165, 1.54) is 5.01 Å². The maximum Gasteiger partial charge on any atom is 0.407 e. The molecule has 1 N–H and O–H groups in total. The van der Waals surface area contributed by atoms with E-state index in [4.69, 9.17) is 4.74 Å². The number of carbonyl (C=O) groups is 1. The minimum absolute atomic E-state index is 0.0775. The number of hydrogen-bond donors (Lipinski definition) is 1. The first-order chi connectivity index (χ1) is 7.80. The lowest BCUT2D eigenvalue weighted by Gasteiger charge is -2.33. The lowest BCUT2D eigenvalue weighted by molar-refractivity contribution is 0.0454. The molecule has 1 fully saturated rings. The quantitative estimate of drug-likeness (QED) is 0.752. The van der Waals surface area contributed by atoms with Crippen molar-refractivity contribution < 1.29 is 9.53 Å². The van der Waals surface area contributed by atoms with Crippen LogP contribution in [0.1, 0.15) is 34.1 Å². The fourth-order valence-corrected chi connectivity index (χ4v) is 1.97. The Balaban J connectivity index is 2.45. The van der Waals surface area contributed by atoms with Gasteiger partial charge in [0.05, 0.1) is 17.9 Å². The monoisotopic (exact) mass is 243 g/mol. The van der Waals surface area contributed by atoms with E-state index in [1.54, 1.807) is 0 Å². The molecule has 0 aromatic rings. The number of nitrogens with one attached hydrogen (secondary N) is 1. The lowest BCUT2D eigenvalue weighted by atomic mass is 9.97. The van der Waals surface area contributed by atoms with Gasteiger partial charge in [-0.2, -0.15) is 0 Å². The van der Waals surface area contributed by atoms with E-state index in [0.29, 0.717) is 19.0 Å². The van der Waals surface area contributed by atoms with E-state index in [2.05, 4.69) is 10.6 Å². The van der Waals surface area contributed by atoms with Gasteiger partial charge in [-0.3, -0.25) is 5.01 Å². The second-order valence-corrected chi connectivity index (χ2v) is 5.64. The predicted octanol–water partition coefficient (Wildman–Crippen LogP) is 1.90. The fraction of sp³-hybridized carbons (Fsp3) is 0.909. The Morgan fingerprint density at radius 3 is 2.59 bits per heavy atom. The summed E-state index contributed by atoms with van der Waals surface area (Å²) in [6.07, 6.45) is 0.396. The van der Waals surface area contributed by atoms with Crippen molar-refractivity contribution in [2.24, 2.45) is 11.2 Å². The summed E-state index contributed by atoms with van der Waals surface area (Å²) in [6, 6.07) is -0.0775. The Bertz CT molecular complexity index is 288. The van der Waals surface area contributed by atoms with Crippen LogP contribution < -0.4 is 5.32 Å². The van der Waals surface area contributed by atoms with Crippen molar-refractivity contribution in [2.45, 2.75) is 45.8 Å². The van der Waals surface area contributed by atoms with Gasteiger partial charge < -0.3 is 10.1 Å². The van der Waals surface area contributed by atoms with Crippen molar-refractivity contribution in [1.29, 1.82) is 0 Å². The maximum absolute atomic E-state index is 11.6. The summed E-state index contributed by atoms with van der Waals surface area (Å²) >= 11 is 0. The smallest absolute Gasteiger partial charge is 0.407 e.